The molecule has 0 saturated carbocycles. The second kappa shape index (κ2) is 6.78. The maximum Gasteiger partial charge on any atom is 0.104 e. The van der Waals surface area contributed by atoms with Gasteiger partial charge in [0, 0.05) is 14.9 Å². The Morgan fingerprint density at radius 3 is 2.47 bits per heavy atom. The van der Waals surface area contributed by atoms with Gasteiger partial charge < -0.3 is 11.5 Å². The van der Waals surface area contributed by atoms with Crippen molar-refractivity contribution in [1.82, 2.24) is 0 Å². The third kappa shape index (κ3) is 4.28. The summed E-state index contributed by atoms with van der Waals surface area (Å²) in [5.74, 6) is 0. The predicted octanol–water partition coefficient (Wildman–Crippen LogP) is 3.59. The number of nitrogens with two attached hydrogens (primary N) is 2. The second-order valence-corrected chi connectivity index (χ2v) is 6.46. The van der Waals surface area contributed by atoms with Crippen LogP contribution in [0.25, 0.3) is 0 Å². The summed E-state index contributed by atoms with van der Waals surface area (Å²) in [5, 5.41) is 0. The molecule has 92 valence electrons. The molecule has 0 heterocycles. The molecule has 0 aliphatic carbocycles. The minimum absolute atomic E-state index is 0.121. The number of hydrogen-bond acceptors (Lipinski definition) is 2. The summed E-state index contributed by atoms with van der Waals surface area (Å²) in [6, 6.07) is 5.79. The molecule has 0 aromatic heterocycles. The fourth-order valence-electron chi connectivity index (χ4n) is 1.48. The standard InChI is InChI=1S/C11H12Br2N2S2/c12-7-3-1-2-6(11(15)17)10(7)8(13)4-5-9(14)16/h1-3,8H,4-5H2,(H2,14,16)(H2,15,17). The first-order chi connectivity index (χ1) is 7.93. The zero-order valence-electron chi connectivity index (χ0n) is 8.95. The van der Waals surface area contributed by atoms with Gasteiger partial charge in [-0.2, -0.15) is 0 Å². The molecule has 0 saturated heterocycles. The number of hydrogen-bond donors (Lipinski definition) is 2. The van der Waals surface area contributed by atoms with Crippen LogP contribution in [0.5, 0.6) is 0 Å². The highest BCUT2D eigenvalue weighted by atomic mass is 79.9. The largest absolute Gasteiger partial charge is 0.393 e. The van der Waals surface area contributed by atoms with E-state index in [0.29, 0.717) is 16.4 Å². The highest BCUT2D eigenvalue weighted by Gasteiger charge is 2.17. The van der Waals surface area contributed by atoms with Crippen molar-refractivity contribution in [3.8, 4) is 0 Å². The molecule has 0 spiro atoms. The van der Waals surface area contributed by atoms with Gasteiger partial charge in [0.1, 0.15) is 4.99 Å². The topological polar surface area (TPSA) is 52.0 Å². The Labute approximate surface area is 128 Å². The molecule has 1 rings (SSSR count). The minimum atomic E-state index is 0.121. The molecule has 1 unspecified atom stereocenters. The third-order valence-corrected chi connectivity index (χ3v) is 4.31. The lowest BCUT2D eigenvalue weighted by Gasteiger charge is -2.16. The zero-order chi connectivity index (χ0) is 13.0. The van der Waals surface area contributed by atoms with E-state index in [1.54, 1.807) is 0 Å². The van der Waals surface area contributed by atoms with Gasteiger partial charge in [0.25, 0.3) is 0 Å². The van der Waals surface area contributed by atoms with Crippen LogP contribution < -0.4 is 11.5 Å². The van der Waals surface area contributed by atoms with Gasteiger partial charge in [0.2, 0.25) is 0 Å². The summed E-state index contributed by atoms with van der Waals surface area (Å²) in [6.07, 6.45) is 1.50. The van der Waals surface area contributed by atoms with Crippen LogP contribution in [0.1, 0.15) is 28.8 Å². The van der Waals surface area contributed by atoms with Crippen LogP contribution in [0.15, 0.2) is 22.7 Å². The molecule has 4 N–H and O–H groups in total. The fourth-order valence-corrected chi connectivity index (χ4v) is 3.45. The summed E-state index contributed by atoms with van der Waals surface area (Å²) >= 11 is 17.1. The van der Waals surface area contributed by atoms with E-state index in [-0.39, 0.29) is 4.83 Å². The van der Waals surface area contributed by atoms with E-state index in [9.17, 15) is 0 Å². The number of benzene rings is 1. The normalized spacial score (nSPS) is 12.1. The first kappa shape index (κ1) is 15.0. The molecule has 6 heteroatoms. The van der Waals surface area contributed by atoms with Gasteiger partial charge in [-0.1, -0.05) is 68.4 Å². The molecule has 1 atom stereocenters. The van der Waals surface area contributed by atoms with E-state index in [1.807, 2.05) is 18.2 Å². The molecule has 2 nitrogen and oxygen atoms in total. The van der Waals surface area contributed by atoms with E-state index in [4.69, 9.17) is 35.9 Å². The van der Waals surface area contributed by atoms with Crippen molar-refractivity contribution in [3.05, 3.63) is 33.8 Å². The number of alkyl halides is 1. The average Bonchev–Trinajstić information content (AvgIpc) is 2.25. The van der Waals surface area contributed by atoms with Crippen molar-refractivity contribution in [2.24, 2.45) is 11.5 Å². The van der Waals surface area contributed by atoms with Crippen molar-refractivity contribution >= 4 is 66.3 Å². The lowest BCUT2D eigenvalue weighted by atomic mass is 10.0. The van der Waals surface area contributed by atoms with Crippen LogP contribution >= 0.6 is 56.3 Å². The predicted molar refractivity (Wildman–Crippen MR) is 87.7 cm³/mol. The van der Waals surface area contributed by atoms with Gasteiger partial charge in [-0.3, -0.25) is 0 Å². The summed E-state index contributed by atoms with van der Waals surface area (Å²) in [6.45, 7) is 0. The SMILES string of the molecule is NC(=S)CCC(Br)c1c(Br)cccc1C(N)=S. The van der Waals surface area contributed by atoms with Crippen LogP contribution in [-0.2, 0) is 0 Å². The average molecular weight is 396 g/mol. The Morgan fingerprint density at radius 2 is 1.94 bits per heavy atom. The summed E-state index contributed by atoms with van der Waals surface area (Å²) in [7, 11) is 0. The smallest absolute Gasteiger partial charge is 0.104 e. The lowest BCUT2D eigenvalue weighted by Crippen LogP contribution is -2.14. The molecule has 0 radical (unpaired) electrons. The number of rotatable bonds is 5. The fraction of sp³-hybridized carbons (Fsp3) is 0.273. The molecule has 0 fully saturated rings. The molecule has 0 aliphatic rings. The summed E-state index contributed by atoms with van der Waals surface area (Å²) in [5.41, 5.74) is 13.1. The Hall–Kier alpha value is -0.0400. The highest BCUT2D eigenvalue weighted by molar-refractivity contribution is 9.11. The summed E-state index contributed by atoms with van der Waals surface area (Å²) < 4.78 is 0.979. The molecule has 0 aliphatic heterocycles. The Balaban J connectivity index is 3.02. The van der Waals surface area contributed by atoms with Gasteiger partial charge in [-0.05, 0) is 24.5 Å². The van der Waals surface area contributed by atoms with Gasteiger partial charge >= 0.3 is 0 Å². The molecule has 17 heavy (non-hydrogen) atoms. The van der Waals surface area contributed by atoms with Crippen LogP contribution in [0.2, 0.25) is 0 Å². The molecule has 1 aromatic carbocycles. The van der Waals surface area contributed by atoms with E-state index < -0.39 is 0 Å². The molecule has 0 amide bonds. The number of thiocarbonyl (C=S) groups is 2. The van der Waals surface area contributed by atoms with E-state index in [0.717, 1.165) is 22.0 Å². The Kier molecular flexibility index (Phi) is 5.99. The first-order valence-electron chi connectivity index (χ1n) is 4.94. The monoisotopic (exact) mass is 394 g/mol. The Bertz CT molecular complexity index is 449. The van der Waals surface area contributed by atoms with Crippen LogP contribution in [0, 0.1) is 0 Å². The van der Waals surface area contributed by atoms with Gasteiger partial charge in [-0.25, -0.2) is 0 Å². The van der Waals surface area contributed by atoms with Crippen molar-refractivity contribution < 1.29 is 0 Å². The van der Waals surface area contributed by atoms with E-state index in [1.165, 1.54) is 0 Å². The maximum absolute atomic E-state index is 5.72. The molecule has 0 bridgehead atoms. The van der Waals surface area contributed by atoms with Crippen LogP contribution in [0.3, 0.4) is 0 Å². The molecule has 1 aromatic rings. The van der Waals surface area contributed by atoms with Crippen molar-refractivity contribution in [3.63, 3.8) is 0 Å². The van der Waals surface area contributed by atoms with Crippen LogP contribution in [-0.4, -0.2) is 9.98 Å². The van der Waals surface area contributed by atoms with Gasteiger partial charge in [-0.15, -0.1) is 0 Å². The summed E-state index contributed by atoms with van der Waals surface area (Å²) in [4.78, 5) is 1.02. The third-order valence-electron chi connectivity index (χ3n) is 2.28. The Morgan fingerprint density at radius 1 is 1.29 bits per heavy atom. The van der Waals surface area contributed by atoms with E-state index >= 15 is 0 Å². The van der Waals surface area contributed by atoms with Crippen molar-refractivity contribution in [2.45, 2.75) is 17.7 Å². The van der Waals surface area contributed by atoms with Gasteiger partial charge in [0.15, 0.2) is 0 Å². The van der Waals surface area contributed by atoms with Crippen molar-refractivity contribution in [2.75, 3.05) is 0 Å². The maximum atomic E-state index is 5.72. The minimum Gasteiger partial charge on any atom is -0.393 e. The number of halogens is 2. The first-order valence-corrected chi connectivity index (χ1v) is 7.46. The molecular formula is C11H12Br2N2S2. The van der Waals surface area contributed by atoms with Crippen LogP contribution in [0.4, 0.5) is 0 Å². The van der Waals surface area contributed by atoms with E-state index in [2.05, 4.69) is 31.9 Å². The van der Waals surface area contributed by atoms with Gasteiger partial charge in [0.05, 0.1) is 4.99 Å². The van der Waals surface area contributed by atoms with Crippen molar-refractivity contribution in [1.29, 1.82) is 0 Å². The molecular weight excluding hydrogens is 384 g/mol. The highest BCUT2D eigenvalue weighted by Crippen LogP contribution is 2.35. The lowest BCUT2D eigenvalue weighted by molar-refractivity contribution is 0.854. The quantitative estimate of drug-likeness (QED) is 0.590. The zero-order valence-corrected chi connectivity index (χ0v) is 13.8. The second-order valence-electron chi connectivity index (χ2n) is 3.54.